The molecule has 82 valence electrons. The van der Waals surface area contributed by atoms with Gasteiger partial charge in [-0.3, -0.25) is 0 Å². The second-order valence-electron chi connectivity index (χ2n) is 1.85. The van der Waals surface area contributed by atoms with Gasteiger partial charge in [0.05, 0.1) is 6.61 Å². The van der Waals surface area contributed by atoms with E-state index in [0.29, 0.717) is 6.61 Å². The van der Waals surface area contributed by atoms with E-state index in [9.17, 15) is 0 Å². The van der Waals surface area contributed by atoms with Crippen LogP contribution in [0, 0.1) is 0 Å². The molecule has 0 amide bonds. The third kappa shape index (κ3) is 17.1. The number of hydrogen-bond donors (Lipinski definition) is 0. The van der Waals surface area contributed by atoms with Gasteiger partial charge in [0.1, 0.15) is 0 Å². The van der Waals surface area contributed by atoms with Crippen LogP contribution in [0.2, 0.25) is 0 Å². The molecule has 0 spiro atoms. The summed E-state index contributed by atoms with van der Waals surface area (Å²) < 4.78 is 4.83. The fourth-order valence-electron chi connectivity index (χ4n) is 0.563. The first-order valence-electron chi connectivity index (χ1n) is 4.79. The van der Waals surface area contributed by atoms with Gasteiger partial charge in [0.15, 0.2) is 0 Å². The van der Waals surface area contributed by atoms with E-state index >= 15 is 0 Å². The Hall–Kier alpha value is -1.08. The molecule has 0 aromatic carbocycles. The Bertz CT molecular complexity index is 155. The van der Waals surface area contributed by atoms with E-state index in [1.807, 2.05) is 45.1 Å². The zero-order valence-corrected chi connectivity index (χ0v) is 10.0. The molecule has 1 nitrogen and oxygen atoms in total. The molecule has 0 radical (unpaired) electrons. The average molecular weight is 196 g/mol. The van der Waals surface area contributed by atoms with Crippen LogP contribution >= 0.6 is 0 Å². The fraction of sp³-hybridized carbons (Fsp3) is 0.385. The molecule has 0 aromatic rings. The molecule has 0 N–H and O–H groups in total. The van der Waals surface area contributed by atoms with E-state index in [-0.39, 0.29) is 0 Å². The predicted molar refractivity (Wildman–Crippen MR) is 67.6 cm³/mol. The Morgan fingerprint density at radius 2 is 1.79 bits per heavy atom. The zero-order chi connectivity index (χ0) is 11.8. The fourth-order valence-corrected chi connectivity index (χ4v) is 0.563. The van der Waals surface area contributed by atoms with Crippen LogP contribution in [0.15, 0.2) is 49.6 Å². The van der Waals surface area contributed by atoms with E-state index in [4.69, 9.17) is 4.74 Å². The second-order valence-corrected chi connectivity index (χ2v) is 1.85. The van der Waals surface area contributed by atoms with Gasteiger partial charge in [-0.1, -0.05) is 44.7 Å². The Morgan fingerprint density at radius 3 is 2.07 bits per heavy atom. The number of methoxy groups -OCH3 is 1. The summed E-state index contributed by atoms with van der Waals surface area (Å²) in [6.45, 7) is 16.3. The molecular formula is C13H24O. The third-order valence-electron chi connectivity index (χ3n) is 1.14. The average Bonchev–Trinajstić information content (AvgIpc) is 2.30. The summed E-state index contributed by atoms with van der Waals surface area (Å²) in [4.78, 5) is 0. The summed E-state index contributed by atoms with van der Waals surface area (Å²) in [5.41, 5.74) is 1.12. The predicted octanol–water partition coefficient (Wildman–Crippen LogP) is 4.15. The van der Waals surface area contributed by atoms with Gasteiger partial charge in [-0.25, -0.2) is 0 Å². The lowest BCUT2D eigenvalue weighted by molar-refractivity contribution is 0.234. The molecule has 0 bridgehead atoms. The summed E-state index contributed by atoms with van der Waals surface area (Å²) >= 11 is 0. The van der Waals surface area contributed by atoms with Gasteiger partial charge in [-0.05, 0) is 12.5 Å². The smallest absolute Gasteiger partial charge is 0.0646 e. The van der Waals surface area contributed by atoms with Crippen molar-refractivity contribution in [2.75, 3.05) is 13.7 Å². The highest BCUT2D eigenvalue weighted by atomic mass is 16.5. The quantitative estimate of drug-likeness (QED) is 0.485. The molecule has 0 saturated carbocycles. The number of rotatable bonds is 4. The van der Waals surface area contributed by atoms with Crippen molar-refractivity contribution >= 4 is 0 Å². The lowest BCUT2D eigenvalue weighted by atomic mass is 10.2. The minimum atomic E-state index is 0.658. The van der Waals surface area contributed by atoms with Gasteiger partial charge in [0, 0.05) is 7.11 Å². The number of allylic oxidation sites excluding steroid dienone is 4. The summed E-state index contributed by atoms with van der Waals surface area (Å²) in [6, 6.07) is 0. The van der Waals surface area contributed by atoms with Gasteiger partial charge in [-0.2, -0.15) is 0 Å². The Morgan fingerprint density at radius 1 is 1.29 bits per heavy atom. The van der Waals surface area contributed by atoms with Crippen molar-refractivity contribution in [3.05, 3.63) is 49.6 Å². The largest absolute Gasteiger partial charge is 0.381 e. The third-order valence-corrected chi connectivity index (χ3v) is 1.14. The molecular weight excluding hydrogens is 172 g/mol. The van der Waals surface area contributed by atoms with Gasteiger partial charge in [0.2, 0.25) is 0 Å². The van der Waals surface area contributed by atoms with E-state index in [1.54, 1.807) is 7.11 Å². The van der Waals surface area contributed by atoms with E-state index < -0.39 is 0 Å². The summed E-state index contributed by atoms with van der Waals surface area (Å²) in [6.07, 6.45) is 7.75. The van der Waals surface area contributed by atoms with Crippen LogP contribution in [-0.2, 0) is 4.74 Å². The molecule has 0 atom stereocenters. The number of hydrogen-bond acceptors (Lipinski definition) is 1. The Kier molecular flexibility index (Phi) is 30.2. The maximum Gasteiger partial charge on any atom is 0.0646 e. The van der Waals surface area contributed by atoms with Crippen molar-refractivity contribution < 1.29 is 4.74 Å². The van der Waals surface area contributed by atoms with Gasteiger partial charge in [0.25, 0.3) is 0 Å². The Labute approximate surface area is 89.5 Å². The van der Waals surface area contributed by atoms with Crippen molar-refractivity contribution in [1.82, 2.24) is 0 Å². The van der Waals surface area contributed by atoms with Crippen molar-refractivity contribution in [1.29, 1.82) is 0 Å². The zero-order valence-electron chi connectivity index (χ0n) is 10.0. The standard InChI is InChI=1S/C9H14O.C2H6.C2H4/c1-4-9(5-2)7-6-8-10-3;2*1-2/h4-7H,1,8H2,2-3H3;1-2H3;1-2H2/b7-6+,9-5+;;. The van der Waals surface area contributed by atoms with Crippen LogP contribution in [0.4, 0.5) is 0 Å². The minimum absolute atomic E-state index is 0.658. The lowest BCUT2D eigenvalue weighted by Gasteiger charge is -1.89. The molecule has 0 fully saturated rings. The van der Waals surface area contributed by atoms with Crippen LogP contribution < -0.4 is 0 Å². The van der Waals surface area contributed by atoms with E-state index in [2.05, 4.69) is 19.7 Å². The van der Waals surface area contributed by atoms with Crippen molar-refractivity contribution in [2.24, 2.45) is 0 Å². The van der Waals surface area contributed by atoms with Crippen LogP contribution in [0.1, 0.15) is 20.8 Å². The van der Waals surface area contributed by atoms with Crippen LogP contribution in [0.3, 0.4) is 0 Å². The first-order valence-corrected chi connectivity index (χ1v) is 4.79. The SMILES string of the molecule is C=C.C=CC(/C=C/COC)=C\C.CC. The Balaban J connectivity index is -0.000000266. The van der Waals surface area contributed by atoms with Gasteiger partial charge >= 0.3 is 0 Å². The highest BCUT2D eigenvalue weighted by Gasteiger charge is 1.78. The van der Waals surface area contributed by atoms with Crippen molar-refractivity contribution in [3.63, 3.8) is 0 Å². The van der Waals surface area contributed by atoms with E-state index in [1.165, 1.54) is 0 Å². The van der Waals surface area contributed by atoms with Gasteiger partial charge < -0.3 is 4.74 Å². The molecule has 0 aromatic heterocycles. The van der Waals surface area contributed by atoms with Crippen LogP contribution in [0.5, 0.6) is 0 Å². The van der Waals surface area contributed by atoms with Crippen molar-refractivity contribution in [3.8, 4) is 0 Å². The summed E-state index contributed by atoms with van der Waals surface area (Å²) in [5.74, 6) is 0. The molecule has 0 heterocycles. The molecule has 0 aliphatic rings. The van der Waals surface area contributed by atoms with Crippen LogP contribution in [-0.4, -0.2) is 13.7 Å². The second kappa shape index (κ2) is 22.7. The minimum Gasteiger partial charge on any atom is -0.381 e. The maximum atomic E-state index is 4.83. The highest BCUT2D eigenvalue weighted by molar-refractivity contribution is 5.28. The monoisotopic (exact) mass is 196 g/mol. The molecule has 14 heavy (non-hydrogen) atoms. The summed E-state index contributed by atoms with van der Waals surface area (Å²) in [7, 11) is 1.67. The lowest BCUT2D eigenvalue weighted by Crippen LogP contribution is -1.80. The number of ether oxygens (including phenoxy) is 1. The molecule has 0 rings (SSSR count). The van der Waals surface area contributed by atoms with E-state index in [0.717, 1.165) is 5.57 Å². The molecule has 1 heteroatoms. The van der Waals surface area contributed by atoms with Gasteiger partial charge in [-0.15, -0.1) is 13.2 Å². The first kappa shape index (κ1) is 18.7. The highest BCUT2D eigenvalue weighted by Crippen LogP contribution is 1.96. The molecule has 0 aliphatic carbocycles. The molecule has 0 saturated heterocycles. The van der Waals surface area contributed by atoms with Crippen molar-refractivity contribution in [2.45, 2.75) is 20.8 Å². The topological polar surface area (TPSA) is 9.23 Å². The normalized spacial score (nSPS) is 9.57. The molecule has 0 aliphatic heterocycles. The maximum absolute atomic E-state index is 4.83. The summed E-state index contributed by atoms with van der Waals surface area (Å²) in [5, 5.41) is 0. The van der Waals surface area contributed by atoms with Crippen LogP contribution in [0.25, 0.3) is 0 Å². The molecule has 0 unspecified atom stereocenters. The first-order chi connectivity index (χ1) is 6.85.